The van der Waals surface area contributed by atoms with Crippen LogP contribution in [0.5, 0.6) is 5.75 Å². The van der Waals surface area contributed by atoms with Crippen molar-refractivity contribution in [3.8, 4) is 5.75 Å². The Morgan fingerprint density at radius 1 is 1.22 bits per heavy atom. The summed E-state index contributed by atoms with van der Waals surface area (Å²) in [4.78, 5) is 16.4. The molecule has 1 heterocycles. The molecule has 4 heteroatoms. The monoisotopic (exact) mass is 314 g/mol. The molecule has 0 radical (unpaired) electrons. The van der Waals surface area contributed by atoms with Crippen LogP contribution in [0.4, 0.5) is 0 Å². The third kappa shape index (κ3) is 5.55. The first-order valence-corrected chi connectivity index (χ1v) is 8.29. The molecule has 0 saturated heterocycles. The van der Waals surface area contributed by atoms with Gasteiger partial charge in [0, 0.05) is 30.4 Å². The predicted octanol–water partition coefficient (Wildman–Crippen LogP) is 4.22. The van der Waals surface area contributed by atoms with E-state index in [1.54, 1.807) is 12.5 Å². The van der Waals surface area contributed by atoms with E-state index in [9.17, 15) is 4.79 Å². The van der Waals surface area contributed by atoms with Gasteiger partial charge in [0.15, 0.2) is 5.78 Å². The lowest BCUT2D eigenvalue weighted by atomic mass is 9.99. The molecular weight excluding hydrogens is 288 g/mol. The van der Waals surface area contributed by atoms with Gasteiger partial charge in [0.2, 0.25) is 0 Å². The van der Waals surface area contributed by atoms with Crippen LogP contribution in [0, 0.1) is 11.8 Å². The number of nitrogens with zero attached hydrogens (tertiary/aromatic N) is 2. The molecule has 2 aromatic rings. The molecule has 1 atom stereocenters. The Bertz CT molecular complexity index is 588. The summed E-state index contributed by atoms with van der Waals surface area (Å²) >= 11 is 0. The van der Waals surface area contributed by atoms with Gasteiger partial charge < -0.3 is 9.30 Å². The van der Waals surface area contributed by atoms with E-state index in [4.69, 9.17) is 4.74 Å². The highest BCUT2D eigenvalue weighted by atomic mass is 16.5. The van der Waals surface area contributed by atoms with Crippen molar-refractivity contribution >= 4 is 5.78 Å². The zero-order chi connectivity index (χ0) is 16.7. The van der Waals surface area contributed by atoms with Crippen LogP contribution in [-0.4, -0.2) is 21.9 Å². The molecule has 1 unspecified atom stereocenters. The Kier molecular flexibility index (Phi) is 6.39. The fourth-order valence-corrected chi connectivity index (χ4v) is 2.48. The van der Waals surface area contributed by atoms with Gasteiger partial charge in [0.25, 0.3) is 0 Å². The molecule has 0 fully saturated rings. The molecule has 23 heavy (non-hydrogen) atoms. The highest BCUT2D eigenvalue weighted by Gasteiger charge is 2.15. The van der Waals surface area contributed by atoms with Crippen LogP contribution in [0.1, 0.15) is 44.0 Å². The van der Waals surface area contributed by atoms with Crippen LogP contribution in [0.15, 0.2) is 43.0 Å². The summed E-state index contributed by atoms with van der Waals surface area (Å²) in [6, 6.07) is 7.47. The number of imidazole rings is 1. The standard InChI is InChI=1S/C19H26N2O2/c1-15(2)5-4-12-23-18-8-6-17(7-9-18)19(22)16(3)13-21-11-10-20-14-21/h6-11,14-16H,4-5,12-13H2,1-3H3. The number of carbonyl (C=O) groups excluding carboxylic acids is 1. The fourth-order valence-electron chi connectivity index (χ4n) is 2.48. The third-order valence-corrected chi connectivity index (χ3v) is 3.82. The lowest BCUT2D eigenvalue weighted by molar-refractivity contribution is 0.0918. The van der Waals surface area contributed by atoms with E-state index in [0.29, 0.717) is 12.5 Å². The molecule has 0 bridgehead atoms. The second-order valence-electron chi connectivity index (χ2n) is 6.43. The Labute approximate surface area is 138 Å². The quantitative estimate of drug-likeness (QED) is 0.514. The van der Waals surface area contributed by atoms with Crippen LogP contribution < -0.4 is 4.74 Å². The van der Waals surface area contributed by atoms with E-state index in [2.05, 4.69) is 18.8 Å². The molecule has 4 nitrogen and oxygen atoms in total. The van der Waals surface area contributed by atoms with E-state index in [1.165, 1.54) is 6.42 Å². The first-order chi connectivity index (χ1) is 11.1. The maximum absolute atomic E-state index is 12.4. The van der Waals surface area contributed by atoms with Crippen molar-refractivity contribution in [2.75, 3.05) is 6.61 Å². The van der Waals surface area contributed by atoms with Crippen molar-refractivity contribution in [1.29, 1.82) is 0 Å². The largest absolute Gasteiger partial charge is 0.494 e. The molecule has 0 amide bonds. The van der Waals surface area contributed by atoms with E-state index in [1.807, 2.05) is 42.0 Å². The Hall–Kier alpha value is -2.10. The minimum Gasteiger partial charge on any atom is -0.494 e. The maximum Gasteiger partial charge on any atom is 0.167 e. The highest BCUT2D eigenvalue weighted by Crippen LogP contribution is 2.17. The second-order valence-corrected chi connectivity index (χ2v) is 6.43. The molecular formula is C19H26N2O2. The van der Waals surface area contributed by atoms with Crippen molar-refractivity contribution in [3.05, 3.63) is 48.5 Å². The zero-order valence-electron chi connectivity index (χ0n) is 14.2. The van der Waals surface area contributed by atoms with Gasteiger partial charge in [-0.1, -0.05) is 20.8 Å². The summed E-state index contributed by atoms with van der Waals surface area (Å²) in [5.41, 5.74) is 0.729. The zero-order valence-corrected chi connectivity index (χ0v) is 14.2. The van der Waals surface area contributed by atoms with Gasteiger partial charge in [0.05, 0.1) is 12.9 Å². The average molecular weight is 314 g/mol. The SMILES string of the molecule is CC(C)CCCOc1ccc(C(=O)C(C)Cn2ccnc2)cc1. The number of ketones is 1. The third-order valence-electron chi connectivity index (χ3n) is 3.82. The molecule has 0 saturated carbocycles. The van der Waals surface area contributed by atoms with E-state index >= 15 is 0 Å². The number of carbonyl (C=O) groups is 1. The average Bonchev–Trinajstić information content (AvgIpc) is 3.04. The maximum atomic E-state index is 12.4. The molecule has 0 aliphatic heterocycles. The Morgan fingerprint density at radius 3 is 2.57 bits per heavy atom. The molecule has 0 aliphatic rings. The van der Waals surface area contributed by atoms with Crippen molar-refractivity contribution in [1.82, 2.24) is 9.55 Å². The number of benzene rings is 1. The Balaban J connectivity index is 1.84. The summed E-state index contributed by atoms with van der Waals surface area (Å²) in [5, 5.41) is 0. The predicted molar refractivity (Wildman–Crippen MR) is 91.7 cm³/mol. The van der Waals surface area contributed by atoms with Crippen LogP contribution >= 0.6 is 0 Å². The number of aromatic nitrogens is 2. The number of ether oxygens (including phenoxy) is 1. The lowest BCUT2D eigenvalue weighted by Gasteiger charge is -2.12. The van der Waals surface area contributed by atoms with Gasteiger partial charge in [-0.15, -0.1) is 0 Å². The first kappa shape index (κ1) is 17.3. The van der Waals surface area contributed by atoms with Gasteiger partial charge in [0.1, 0.15) is 5.75 Å². The van der Waals surface area contributed by atoms with Crippen LogP contribution in [-0.2, 0) is 6.54 Å². The van der Waals surface area contributed by atoms with E-state index < -0.39 is 0 Å². The lowest BCUT2D eigenvalue weighted by Crippen LogP contribution is -2.17. The summed E-state index contributed by atoms with van der Waals surface area (Å²) in [6.07, 6.45) is 7.56. The number of Topliss-reactive ketones (excluding diaryl/α,β-unsaturated/α-hetero) is 1. The smallest absolute Gasteiger partial charge is 0.167 e. The van der Waals surface area contributed by atoms with Gasteiger partial charge in [-0.05, 0) is 43.0 Å². The Morgan fingerprint density at radius 2 is 1.96 bits per heavy atom. The van der Waals surface area contributed by atoms with Crippen LogP contribution in [0.25, 0.3) is 0 Å². The van der Waals surface area contributed by atoms with Crippen molar-refractivity contribution < 1.29 is 9.53 Å². The van der Waals surface area contributed by atoms with Crippen molar-refractivity contribution in [2.24, 2.45) is 11.8 Å². The molecule has 0 N–H and O–H groups in total. The van der Waals surface area contributed by atoms with Crippen LogP contribution in [0.2, 0.25) is 0 Å². The normalized spacial score (nSPS) is 12.3. The summed E-state index contributed by atoms with van der Waals surface area (Å²) < 4.78 is 7.64. The first-order valence-electron chi connectivity index (χ1n) is 8.29. The number of rotatable bonds is 9. The van der Waals surface area contributed by atoms with Crippen LogP contribution in [0.3, 0.4) is 0 Å². The molecule has 124 valence electrons. The summed E-state index contributed by atoms with van der Waals surface area (Å²) in [7, 11) is 0. The number of hydrogen-bond acceptors (Lipinski definition) is 3. The number of hydrogen-bond donors (Lipinski definition) is 0. The molecule has 2 rings (SSSR count). The van der Waals surface area contributed by atoms with E-state index in [0.717, 1.165) is 24.3 Å². The second kappa shape index (κ2) is 8.51. The van der Waals surface area contributed by atoms with Gasteiger partial charge >= 0.3 is 0 Å². The summed E-state index contributed by atoms with van der Waals surface area (Å²) in [5.74, 6) is 1.59. The van der Waals surface area contributed by atoms with Crippen molar-refractivity contribution in [3.63, 3.8) is 0 Å². The minimum atomic E-state index is -0.0815. The molecule has 1 aromatic heterocycles. The van der Waals surface area contributed by atoms with Gasteiger partial charge in [-0.25, -0.2) is 4.98 Å². The molecule has 0 aliphatic carbocycles. The highest BCUT2D eigenvalue weighted by molar-refractivity contribution is 5.97. The molecule has 0 spiro atoms. The molecule has 1 aromatic carbocycles. The van der Waals surface area contributed by atoms with E-state index in [-0.39, 0.29) is 11.7 Å². The fraction of sp³-hybridized carbons (Fsp3) is 0.474. The summed E-state index contributed by atoms with van der Waals surface area (Å²) in [6.45, 7) is 7.74. The van der Waals surface area contributed by atoms with Crippen molar-refractivity contribution in [2.45, 2.75) is 40.2 Å². The van der Waals surface area contributed by atoms with Gasteiger partial charge in [-0.2, -0.15) is 0 Å². The topological polar surface area (TPSA) is 44.1 Å². The minimum absolute atomic E-state index is 0.0815. The van der Waals surface area contributed by atoms with Gasteiger partial charge in [-0.3, -0.25) is 4.79 Å².